The molecular weight excluding hydrogens is 232 g/mol. The molecule has 1 aromatic rings. The van der Waals surface area contributed by atoms with E-state index in [2.05, 4.69) is 10.3 Å². The lowest BCUT2D eigenvalue weighted by molar-refractivity contribution is 0.0299. The molecule has 6 nitrogen and oxygen atoms in total. The minimum atomic E-state index is -0.0295. The number of carbonyl (C=O) groups excluding carboxylic acids is 1. The summed E-state index contributed by atoms with van der Waals surface area (Å²) < 4.78 is 7.03. The van der Waals surface area contributed by atoms with Crippen LogP contribution in [0.2, 0.25) is 0 Å². The van der Waals surface area contributed by atoms with Gasteiger partial charge in [-0.1, -0.05) is 11.6 Å². The van der Waals surface area contributed by atoms with Crippen LogP contribution in [0.1, 0.15) is 29.8 Å². The second kappa shape index (κ2) is 5.06. The van der Waals surface area contributed by atoms with Gasteiger partial charge >= 0.3 is 0 Å². The fraction of sp³-hybridized carbons (Fsp3) is 0.750. The molecule has 0 N–H and O–H groups in total. The standard InChI is InChI=1S/C12H18N4O2/c17-12(15-4-6-18-7-5-15)11-9-16(14-13-11)8-10-2-1-3-10/h9-10H,1-8H2. The second-order valence-electron chi connectivity index (χ2n) is 5.03. The maximum absolute atomic E-state index is 12.1. The van der Waals surface area contributed by atoms with Crippen LogP contribution in [0, 0.1) is 5.92 Å². The van der Waals surface area contributed by atoms with Crippen LogP contribution < -0.4 is 0 Å². The Morgan fingerprint density at radius 3 is 2.83 bits per heavy atom. The van der Waals surface area contributed by atoms with Crippen molar-refractivity contribution in [2.24, 2.45) is 5.92 Å². The average molecular weight is 250 g/mol. The number of hydrogen-bond donors (Lipinski definition) is 0. The Kier molecular flexibility index (Phi) is 3.27. The molecule has 98 valence electrons. The number of ether oxygens (including phenoxy) is 1. The highest BCUT2D eigenvalue weighted by molar-refractivity contribution is 5.91. The van der Waals surface area contributed by atoms with E-state index in [9.17, 15) is 4.79 Å². The fourth-order valence-corrected chi connectivity index (χ4v) is 2.35. The van der Waals surface area contributed by atoms with Gasteiger partial charge in [0.15, 0.2) is 5.69 Å². The molecule has 1 amide bonds. The van der Waals surface area contributed by atoms with E-state index in [1.807, 2.05) is 0 Å². The maximum Gasteiger partial charge on any atom is 0.276 e. The van der Waals surface area contributed by atoms with Crippen LogP contribution in [0.3, 0.4) is 0 Å². The van der Waals surface area contributed by atoms with Gasteiger partial charge in [0.05, 0.1) is 19.4 Å². The molecule has 1 aliphatic carbocycles. The van der Waals surface area contributed by atoms with Crippen molar-refractivity contribution in [3.8, 4) is 0 Å². The van der Waals surface area contributed by atoms with Crippen molar-refractivity contribution in [3.63, 3.8) is 0 Å². The molecule has 0 unspecified atom stereocenters. The van der Waals surface area contributed by atoms with Crippen LogP contribution in [0.25, 0.3) is 0 Å². The SMILES string of the molecule is O=C(c1cn(CC2CCC2)nn1)N1CCOCC1. The molecule has 0 bridgehead atoms. The average Bonchev–Trinajstić information content (AvgIpc) is 2.83. The van der Waals surface area contributed by atoms with Crippen molar-refractivity contribution in [3.05, 3.63) is 11.9 Å². The first-order chi connectivity index (χ1) is 8.83. The van der Waals surface area contributed by atoms with Crippen molar-refractivity contribution in [1.82, 2.24) is 19.9 Å². The van der Waals surface area contributed by atoms with E-state index in [1.165, 1.54) is 19.3 Å². The number of carbonyl (C=O) groups is 1. The molecule has 2 heterocycles. The highest BCUT2D eigenvalue weighted by Gasteiger charge is 2.23. The summed E-state index contributed by atoms with van der Waals surface area (Å²) in [5.74, 6) is 0.691. The van der Waals surface area contributed by atoms with Gasteiger partial charge in [-0.15, -0.1) is 5.10 Å². The molecule has 0 aromatic carbocycles. The Bertz CT molecular complexity index is 421. The van der Waals surface area contributed by atoms with Gasteiger partial charge in [0.1, 0.15) is 0 Å². The number of hydrogen-bond acceptors (Lipinski definition) is 4. The summed E-state index contributed by atoms with van der Waals surface area (Å²) in [5, 5.41) is 8.03. The molecule has 3 rings (SSSR count). The van der Waals surface area contributed by atoms with Gasteiger partial charge in [0.2, 0.25) is 0 Å². The van der Waals surface area contributed by atoms with Crippen molar-refractivity contribution in [2.75, 3.05) is 26.3 Å². The normalized spacial score (nSPS) is 20.8. The topological polar surface area (TPSA) is 60.2 Å². The summed E-state index contributed by atoms with van der Waals surface area (Å²) in [6.45, 7) is 3.41. The molecule has 1 aliphatic heterocycles. The van der Waals surface area contributed by atoms with Crippen molar-refractivity contribution >= 4 is 5.91 Å². The van der Waals surface area contributed by atoms with Crippen molar-refractivity contribution in [2.45, 2.75) is 25.8 Å². The first-order valence-electron chi connectivity index (χ1n) is 6.60. The first kappa shape index (κ1) is 11.6. The number of nitrogens with zero attached hydrogens (tertiary/aromatic N) is 4. The lowest BCUT2D eigenvalue weighted by atomic mass is 9.85. The van der Waals surface area contributed by atoms with Crippen molar-refractivity contribution in [1.29, 1.82) is 0 Å². The molecule has 2 aliphatic rings. The second-order valence-corrected chi connectivity index (χ2v) is 5.03. The molecule has 1 saturated carbocycles. The van der Waals surface area contributed by atoms with Gasteiger partial charge in [-0.2, -0.15) is 0 Å². The largest absolute Gasteiger partial charge is 0.378 e. The zero-order valence-electron chi connectivity index (χ0n) is 10.4. The summed E-state index contributed by atoms with van der Waals surface area (Å²) in [7, 11) is 0. The molecule has 1 aromatic heterocycles. The van der Waals surface area contributed by atoms with E-state index in [1.54, 1.807) is 15.8 Å². The van der Waals surface area contributed by atoms with E-state index in [0.29, 0.717) is 32.0 Å². The zero-order chi connectivity index (χ0) is 12.4. The van der Waals surface area contributed by atoms with Crippen molar-refractivity contribution < 1.29 is 9.53 Å². The summed E-state index contributed by atoms with van der Waals surface area (Å²) in [4.78, 5) is 13.9. The third-order valence-corrected chi connectivity index (χ3v) is 3.73. The Balaban J connectivity index is 1.62. The van der Waals surface area contributed by atoms with Crippen LogP contribution in [0.15, 0.2) is 6.20 Å². The van der Waals surface area contributed by atoms with Gasteiger partial charge in [-0.25, -0.2) is 0 Å². The van der Waals surface area contributed by atoms with Crippen LogP contribution in [-0.4, -0.2) is 52.1 Å². The lowest BCUT2D eigenvalue weighted by Gasteiger charge is -2.26. The molecule has 0 radical (unpaired) electrons. The number of amides is 1. The lowest BCUT2D eigenvalue weighted by Crippen LogP contribution is -2.40. The monoisotopic (exact) mass is 250 g/mol. The molecule has 2 fully saturated rings. The van der Waals surface area contributed by atoms with E-state index in [-0.39, 0.29) is 5.91 Å². The minimum Gasteiger partial charge on any atom is -0.378 e. The van der Waals surface area contributed by atoms with Crippen LogP contribution in [-0.2, 0) is 11.3 Å². The highest BCUT2D eigenvalue weighted by atomic mass is 16.5. The fourth-order valence-electron chi connectivity index (χ4n) is 2.35. The van der Waals surface area contributed by atoms with Gasteiger partial charge in [0, 0.05) is 19.6 Å². The third-order valence-electron chi connectivity index (χ3n) is 3.73. The smallest absolute Gasteiger partial charge is 0.276 e. The molecule has 18 heavy (non-hydrogen) atoms. The van der Waals surface area contributed by atoms with E-state index < -0.39 is 0 Å². The van der Waals surface area contributed by atoms with E-state index in [0.717, 1.165) is 12.5 Å². The quantitative estimate of drug-likeness (QED) is 0.786. The molecule has 0 spiro atoms. The minimum absolute atomic E-state index is 0.0295. The van der Waals surface area contributed by atoms with Gasteiger partial charge in [-0.3, -0.25) is 9.48 Å². The maximum atomic E-state index is 12.1. The number of aromatic nitrogens is 3. The summed E-state index contributed by atoms with van der Waals surface area (Å²) in [6.07, 6.45) is 5.63. The zero-order valence-corrected chi connectivity index (χ0v) is 10.4. The Morgan fingerprint density at radius 2 is 2.17 bits per heavy atom. The van der Waals surface area contributed by atoms with Crippen LogP contribution >= 0.6 is 0 Å². The molecule has 1 saturated heterocycles. The van der Waals surface area contributed by atoms with E-state index in [4.69, 9.17) is 4.74 Å². The van der Waals surface area contributed by atoms with E-state index >= 15 is 0 Å². The predicted octanol–water partition coefficient (Wildman–Crippen LogP) is 0.551. The summed E-state index contributed by atoms with van der Waals surface area (Å²) in [6, 6.07) is 0. The molecule has 0 atom stereocenters. The van der Waals surface area contributed by atoms with Crippen LogP contribution in [0.5, 0.6) is 0 Å². The van der Waals surface area contributed by atoms with Gasteiger partial charge in [-0.05, 0) is 18.8 Å². The highest BCUT2D eigenvalue weighted by Crippen LogP contribution is 2.27. The summed E-state index contributed by atoms with van der Waals surface area (Å²) in [5.41, 5.74) is 0.455. The Hall–Kier alpha value is -1.43. The third kappa shape index (κ3) is 2.38. The van der Waals surface area contributed by atoms with Gasteiger partial charge in [0.25, 0.3) is 5.91 Å². The first-order valence-corrected chi connectivity index (χ1v) is 6.60. The summed E-state index contributed by atoms with van der Waals surface area (Å²) >= 11 is 0. The molecule has 6 heteroatoms. The van der Waals surface area contributed by atoms with Crippen LogP contribution in [0.4, 0.5) is 0 Å². The Morgan fingerprint density at radius 1 is 1.39 bits per heavy atom. The Labute approximate surface area is 106 Å². The predicted molar refractivity (Wildman–Crippen MR) is 64.1 cm³/mol. The van der Waals surface area contributed by atoms with Gasteiger partial charge < -0.3 is 9.64 Å². The number of morpholine rings is 1. The number of rotatable bonds is 3. The molecular formula is C12H18N4O2.